The lowest BCUT2D eigenvalue weighted by Gasteiger charge is -2.05. The average Bonchev–Trinajstić information content (AvgIpc) is 2.09. The van der Waals surface area contributed by atoms with Crippen LogP contribution >= 0.6 is 28.3 Å². The van der Waals surface area contributed by atoms with Crippen molar-refractivity contribution in [2.75, 3.05) is 4.72 Å². The Morgan fingerprint density at radius 1 is 1.67 bits per heavy atom. The number of hydrogen-bond donors (Lipinski definition) is 2. The summed E-state index contributed by atoms with van der Waals surface area (Å²) in [6.07, 6.45) is 4.12. The molecule has 0 bridgehead atoms. The van der Waals surface area contributed by atoms with Crippen LogP contribution in [-0.4, -0.2) is 11.2 Å². The summed E-state index contributed by atoms with van der Waals surface area (Å²) in [6, 6.07) is 0. The van der Waals surface area contributed by atoms with E-state index >= 15 is 0 Å². The van der Waals surface area contributed by atoms with Gasteiger partial charge in [-0.1, -0.05) is 0 Å². The number of aromatic nitrogens is 1. The summed E-state index contributed by atoms with van der Waals surface area (Å²) >= 11 is 3.17. The van der Waals surface area contributed by atoms with Crippen molar-refractivity contribution in [3.05, 3.63) is 22.4 Å². The Labute approximate surface area is 81.8 Å². The van der Waals surface area contributed by atoms with Crippen LogP contribution in [0.2, 0.25) is 0 Å². The summed E-state index contributed by atoms with van der Waals surface area (Å²) in [5.74, 6) is 0. The third kappa shape index (κ3) is 1.95. The lowest BCUT2D eigenvalue weighted by molar-refractivity contribution is 0.942. The highest BCUT2D eigenvalue weighted by atomic mass is 79.9. The second-order valence-electron chi connectivity index (χ2n) is 1.91. The Hall–Kier alpha value is -0.620. The summed E-state index contributed by atoms with van der Waals surface area (Å²) in [5, 5.41) is 7.00. The molecule has 0 aromatic carbocycles. The molecule has 0 radical (unpaired) electrons. The van der Waals surface area contributed by atoms with Gasteiger partial charge in [0.05, 0.1) is 10.2 Å². The van der Waals surface area contributed by atoms with Gasteiger partial charge in [0.1, 0.15) is 0 Å². The Balaban J connectivity index is 3.10. The number of nitrogens with zero attached hydrogens (tertiary/aromatic N) is 1. The Bertz CT molecular complexity index is 294. The van der Waals surface area contributed by atoms with Gasteiger partial charge in [-0.2, -0.15) is 0 Å². The van der Waals surface area contributed by atoms with Crippen molar-refractivity contribution in [3.63, 3.8) is 0 Å². The smallest absolute Gasteiger partial charge is 0.162 e. The average molecular weight is 250 g/mol. The van der Waals surface area contributed by atoms with Crippen molar-refractivity contribution in [3.8, 4) is 0 Å². The maximum Gasteiger partial charge on any atom is 0.162 e. The monoisotopic (exact) mass is 249 g/mol. The van der Waals surface area contributed by atoms with E-state index in [2.05, 4.69) is 25.6 Å². The maximum absolute atomic E-state index is 11.9. The van der Waals surface area contributed by atoms with E-state index in [0.717, 1.165) is 6.21 Å². The minimum atomic E-state index is -0.0127. The summed E-state index contributed by atoms with van der Waals surface area (Å²) in [6.45, 7) is 0. The first-order valence-electron chi connectivity index (χ1n) is 2.97. The van der Waals surface area contributed by atoms with Crippen LogP contribution in [0.1, 0.15) is 5.56 Å². The fraction of sp³-hybridized carbons (Fsp3) is 0. The van der Waals surface area contributed by atoms with Crippen LogP contribution in [0, 0.1) is 5.41 Å². The summed E-state index contributed by atoms with van der Waals surface area (Å²) in [5.41, 5.74) is 1.06. The highest BCUT2D eigenvalue weighted by Gasteiger charge is 2.04. The molecule has 0 saturated heterocycles. The quantitative estimate of drug-likeness (QED) is 0.640. The lowest BCUT2D eigenvalue weighted by Crippen LogP contribution is -1.93. The number of anilines is 1. The molecule has 0 spiro atoms. The highest BCUT2D eigenvalue weighted by molar-refractivity contribution is 9.10. The van der Waals surface area contributed by atoms with Crippen LogP contribution in [0.4, 0.5) is 9.57 Å². The fourth-order valence-electron chi connectivity index (χ4n) is 0.706. The molecule has 1 aromatic rings. The molecule has 64 valence electrons. The van der Waals surface area contributed by atoms with Crippen molar-refractivity contribution in [2.24, 2.45) is 0 Å². The van der Waals surface area contributed by atoms with Crippen LogP contribution in [0.3, 0.4) is 0 Å². The molecule has 0 saturated carbocycles. The van der Waals surface area contributed by atoms with E-state index in [1.807, 2.05) is 0 Å². The molecule has 12 heavy (non-hydrogen) atoms. The molecular formula is C6H5BrFN3S. The third-order valence-corrected chi connectivity index (χ3v) is 2.11. The Morgan fingerprint density at radius 3 is 3.00 bits per heavy atom. The molecule has 0 fully saturated rings. The van der Waals surface area contributed by atoms with Gasteiger partial charge in [0.25, 0.3) is 0 Å². The van der Waals surface area contributed by atoms with Crippen molar-refractivity contribution in [2.45, 2.75) is 0 Å². The second kappa shape index (κ2) is 4.42. The predicted octanol–water partition coefficient (Wildman–Crippen LogP) is 2.79. The zero-order valence-electron chi connectivity index (χ0n) is 5.84. The summed E-state index contributed by atoms with van der Waals surface area (Å²) in [7, 11) is 0. The molecule has 3 nitrogen and oxygen atoms in total. The van der Waals surface area contributed by atoms with Crippen LogP contribution in [0.15, 0.2) is 16.9 Å². The molecule has 0 aliphatic heterocycles. The topological polar surface area (TPSA) is 48.8 Å². The maximum atomic E-state index is 11.9. The molecule has 0 amide bonds. The van der Waals surface area contributed by atoms with Crippen molar-refractivity contribution in [1.82, 2.24) is 4.98 Å². The van der Waals surface area contributed by atoms with Gasteiger partial charge >= 0.3 is 0 Å². The first-order valence-corrected chi connectivity index (χ1v) is 4.48. The van der Waals surface area contributed by atoms with E-state index in [4.69, 9.17) is 5.41 Å². The lowest BCUT2D eigenvalue weighted by atomic mass is 10.2. The SMILES string of the molecule is N=Cc1cncc(Br)c1NSF. The van der Waals surface area contributed by atoms with E-state index in [1.165, 1.54) is 12.4 Å². The van der Waals surface area contributed by atoms with E-state index in [9.17, 15) is 3.89 Å². The predicted molar refractivity (Wildman–Crippen MR) is 52.1 cm³/mol. The molecule has 1 rings (SSSR count). The van der Waals surface area contributed by atoms with Gasteiger partial charge in [-0.15, -0.1) is 3.89 Å². The van der Waals surface area contributed by atoms with Crippen molar-refractivity contribution in [1.29, 1.82) is 5.41 Å². The normalized spacial score (nSPS) is 9.50. The third-order valence-electron chi connectivity index (χ3n) is 1.23. The second-order valence-corrected chi connectivity index (χ2v) is 3.12. The van der Waals surface area contributed by atoms with Crippen molar-refractivity contribution < 1.29 is 3.89 Å². The van der Waals surface area contributed by atoms with E-state index < -0.39 is 0 Å². The summed E-state index contributed by atoms with van der Waals surface area (Å²) in [4.78, 5) is 3.83. The van der Waals surface area contributed by atoms with Crippen LogP contribution in [-0.2, 0) is 0 Å². The van der Waals surface area contributed by atoms with Crippen LogP contribution in [0.25, 0.3) is 0 Å². The van der Waals surface area contributed by atoms with E-state index in [0.29, 0.717) is 15.7 Å². The molecule has 6 heteroatoms. The van der Waals surface area contributed by atoms with E-state index in [1.54, 1.807) is 0 Å². The van der Waals surface area contributed by atoms with Gasteiger partial charge in [-0.3, -0.25) is 4.98 Å². The number of rotatable bonds is 3. The molecule has 1 aromatic heterocycles. The number of hydrogen-bond acceptors (Lipinski definition) is 4. The minimum Gasteiger partial charge on any atom is -0.308 e. The standard InChI is InChI=1S/C6H5BrFN3S/c7-5-3-10-2-4(1-9)6(5)11-12-8/h1-3,9H,(H,10,11). The first-order chi connectivity index (χ1) is 5.79. The van der Waals surface area contributed by atoms with Gasteiger partial charge in [0.2, 0.25) is 0 Å². The minimum absolute atomic E-state index is 0.0127. The molecule has 2 N–H and O–H groups in total. The molecule has 1 heterocycles. The van der Waals surface area contributed by atoms with Crippen molar-refractivity contribution >= 4 is 40.2 Å². The Kier molecular flexibility index (Phi) is 3.48. The number of nitrogens with one attached hydrogen (secondary N) is 2. The van der Waals surface area contributed by atoms with Crippen LogP contribution < -0.4 is 4.72 Å². The molecule has 0 unspecified atom stereocenters. The molecule has 0 aliphatic carbocycles. The molecule has 0 aliphatic rings. The number of halogens is 2. The van der Waals surface area contributed by atoms with Gasteiger partial charge < -0.3 is 10.1 Å². The molecule has 0 atom stereocenters. The van der Waals surface area contributed by atoms with Crippen LogP contribution in [0.5, 0.6) is 0 Å². The van der Waals surface area contributed by atoms with E-state index in [-0.39, 0.29) is 12.3 Å². The molecular weight excluding hydrogens is 245 g/mol. The van der Waals surface area contributed by atoms with Gasteiger partial charge in [-0.25, -0.2) is 0 Å². The Morgan fingerprint density at radius 2 is 2.42 bits per heavy atom. The largest absolute Gasteiger partial charge is 0.308 e. The van der Waals surface area contributed by atoms with Gasteiger partial charge in [0.15, 0.2) is 12.3 Å². The van der Waals surface area contributed by atoms with Gasteiger partial charge in [-0.05, 0) is 15.9 Å². The van der Waals surface area contributed by atoms with Gasteiger partial charge in [0, 0.05) is 24.2 Å². The summed E-state index contributed by atoms with van der Waals surface area (Å²) < 4.78 is 14.9. The number of pyridine rings is 1. The fourth-order valence-corrected chi connectivity index (χ4v) is 1.59. The zero-order valence-corrected chi connectivity index (χ0v) is 8.25. The highest BCUT2D eigenvalue weighted by Crippen LogP contribution is 2.26. The zero-order chi connectivity index (χ0) is 8.97. The first kappa shape index (κ1) is 9.47.